The number of carbonyl (C=O) groups excluding carboxylic acids is 2. The van der Waals surface area contributed by atoms with E-state index in [1.165, 1.54) is 0 Å². The van der Waals surface area contributed by atoms with Crippen LogP contribution in [0.3, 0.4) is 0 Å². The number of aliphatic hydroxyl groups excluding tert-OH is 4. The van der Waals surface area contributed by atoms with E-state index < -0.39 is 36.5 Å². The SMILES string of the molecule is CO.[NH3+]CCNC(=O)C(O)CC(O)C(O)C(=O)NCC[NH3+]. The van der Waals surface area contributed by atoms with Crippen LogP contribution in [-0.2, 0) is 9.59 Å². The summed E-state index contributed by atoms with van der Waals surface area (Å²) in [5.74, 6) is -1.44. The highest BCUT2D eigenvalue weighted by Crippen LogP contribution is 2.04. The largest absolute Gasteiger partial charge is 0.400 e. The summed E-state index contributed by atoms with van der Waals surface area (Å²) >= 11 is 0. The summed E-state index contributed by atoms with van der Waals surface area (Å²) in [6, 6.07) is 0. The summed E-state index contributed by atoms with van der Waals surface area (Å²) in [5, 5.41) is 40.2. The van der Waals surface area contributed by atoms with Gasteiger partial charge in [-0.05, 0) is 0 Å². The van der Waals surface area contributed by atoms with Gasteiger partial charge in [-0.3, -0.25) is 9.59 Å². The predicted octanol–water partition coefficient (Wildman–Crippen LogP) is -6.22. The van der Waals surface area contributed by atoms with Crippen molar-refractivity contribution in [1.29, 1.82) is 0 Å². The molecule has 0 aromatic heterocycles. The average molecular weight is 312 g/mol. The normalized spacial score (nSPS) is 14.2. The van der Waals surface area contributed by atoms with Crippen LogP contribution in [0.4, 0.5) is 0 Å². The van der Waals surface area contributed by atoms with Crippen LogP contribution < -0.4 is 22.1 Å². The third-order valence-electron chi connectivity index (χ3n) is 2.35. The van der Waals surface area contributed by atoms with Crippen molar-refractivity contribution in [3.8, 4) is 0 Å². The maximum absolute atomic E-state index is 11.3. The monoisotopic (exact) mass is 312 g/mol. The Kier molecular flexibility index (Phi) is 14.3. The van der Waals surface area contributed by atoms with Gasteiger partial charge in [-0.25, -0.2) is 0 Å². The standard InChI is InChI=1S/C10H22N4O5.CH4O/c11-1-3-13-9(18)7(16)5-6(15)8(17)10(19)14-4-2-12;1-2/h6-8,15-17H,1-5,11-12H2,(H,13,18)(H,14,19);2H,1H3/p+2. The molecule has 0 saturated carbocycles. The number of aliphatic hydroxyl groups is 4. The molecule has 0 bridgehead atoms. The molecular formula is C11H28N4O6+2. The third kappa shape index (κ3) is 10.1. The molecule has 0 aliphatic carbocycles. The minimum atomic E-state index is -1.69. The van der Waals surface area contributed by atoms with Crippen LogP contribution in [0.1, 0.15) is 6.42 Å². The Bertz CT molecular complexity index is 292. The third-order valence-corrected chi connectivity index (χ3v) is 2.35. The molecule has 0 fully saturated rings. The maximum Gasteiger partial charge on any atom is 0.251 e. The van der Waals surface area contributed by atoms with Crippen molar-refractivity contribution in [1.82, 2.24) is 10.6 Å². The van der Waals surface area contributed by atoms with Crippen LogP contribution in [0.5, 0.6) is 0 Å². The number of amides is 2. The molecule has 0 aromatic carbocycles. The molecule has 0 rings (SSSR count). The second kappa shape index (κ2) is 13.7. The number of rotatable bonds is 9. The van der Waals surface area contributed by atoms with Crippen LogP contribution in [-0.4, -0.2) is 83.8 Å². The van der Waals surface area contributed by atoms with Crippen LogP contribution in [0.15, 0.2) is 0 Å². The second-order valence-electron chi connectivity index (χ2n) is 4.05. The highest BCUT2D eigenvalue weighted by Gasteiger charge is 2.28. The topological polar surface area (TPSA) is 194 Å². The van der Waals surface area contributed by atoms with E-state index in [1.807, 2.05) is 0 Å². The Hall–Kier alpha value is -1.30. The predicted molar refractivity (Wildman–Crippen MR) is 72.3 cm³/mol. The zero-order chi connectivity index (χ0) is 16.8. The molecule has 0 saturated heterocycles. The summed E-state index contributed by atoms with van der Waals surface area (Å²) in [4.78, 5) is 22.6. The van der Waals surface area contributed by atoms with Crippen molar-refractivity contribution in [3.05, 3.63) is 0 Å². The summed E-state index contributed by atoms with van der Waals surface area (Å²) < 4.78 is 0. The number of hydrogen-bond donors (Lipinski definition) is 8. The molecule has 3 atom stereocenters. The van der Waals surface area contributed by atoms with Crippen LogP contribution in [0.2, 0.25) is 0 Å². The first-order chi connectivity index (χ1) is 9.93. The molecule has 21 heavy (non-hydrogen) atoms. The highest BCUT2D eigenvalue weighted by atomic mass is 16.3. The minimum Gasteiger partial charge on any atom is -0.400 e. The Morgan fingerprint density at radius 1 is 0.952 bits per heavy atom. The lowest BCUT2D eigenvalue weighted by Gasteiger charge is -2.19. The molecule has 0 aliphatic heterocycles. The molecule has 10 heteroatoms. The van der Waals surface area contributed by atoms with Gasteiger partial charge in [0.2, 0.25) is 5.91 Å². The smallest absolute Gasteiger partial charge is 0.251 e. The molecule has 0 aromatic rings. The van der Waals surface area contributed by atoms with Crippen molar-refractivity contribution in [3.63, 3.8) is 0 Å². The molecule has 10 nitrogen and oxygen atoms in total. The molecule has 0 aliphatic rings. The van der Waals surface area contributed by atoms with Gasteiger partial charge in [-0.1, -0.05) is 0 Å². The van der Waals surface area contributed by atoms with Gasteiger partial charge in [-0.15, -0.1) is 0 Å². The fourth-order valence-electron chi connectivity index (χ4n) is 1.28. The van der Waals surface area contributed by atoms with E-state index in [2.05, 4.69) is 22.1 Å². The zero-order valence-electron chi connectivity index (χ0n) is 12.3. The average Bonchev–Trinajstić information content (AvgIpc) is 2.50. The molecule has 0 spiro atoms. The van der Waals surface area contributed by atoms with Gasteiger partial charge >= 0.3 is 0 Å². The van der Waals surface area contributed by atoms with Gasteiger partial charge in [0, 0.05) is 13.5 Å². The van der Waals surface area contributed by atoms with Gasteiger partial charge in [0.05, 0.1) is 32.3 Å². The summed E-state index contributed by atoms with van der Waals surface area (Å²) in [7, 11) is 1.00. The van der Waals surface area contributed by atoms with Crippen molar-refractivity contribution < 1.29 is 41.5 Å². The van der Waals surface area contributed by atoms with Gasteiger partial charge in [0.25, 0.3) is 5.91 Å². The lowest BCUT2D eigenvalue weighted by Crippen LogP contribution is -2.56. The van der Waals surface area contributed by atoms with Crippen molar-refractivity contribution >= 4 is 11.8 Å². The van der Waals surface area contributed by atoms with Crippen molar-refractivity contribution in [2.45, 2.75) is 24.7 Å². The molecule has 2 amide bonds. The van der Waals surface area contributed by atoms with Gasteiger partial charge in [-0.2, -0.15) is 0 Å². The highest BCUT2D eigenvalue weighted by molar-refractivity contribution is 5.82. The van der Waals surface area contributed by atoms with Gasteiger partial charge < -0.3 is 42.5 Å². The van der Waals surface area contributed by atoms with E-state index in [0.29, 0.717) is 19.6 Å². The molecule has 3 unspecified atom stereocenters. The maximum atomic E-state index is 11.3. The first-order valence-corrected chi connectivity index (χ1v) is 6.56. The Balaban J connectivity index is 0. The van der Waals surface area contributed by atoms with E-state index in [0.717, 1.165) is 7.11 Å². The van der Waals surface area contributed by atoms with Gasteiger partial charge in [0.1, 0.15) is 6.10 Å². The number of carbonyl (C=O) groups is 2. The Labute approximate surface area is 123 Å². The molecule has 0 heterocycles. The zero-order valence-corrected chi connectivity index (χ0v) is 12.3. The van der Waals surface area contributed by atoms with Crippen LogP contribution in [0, 0.1) is 0 Å². The van der Waals surface area contributed by atoms with Crippen LogP contribution >= 0.6 is 0 Å². The Morgan fingerprint density at radius 3 is 1.81 bits per heavy atom. The summed E-state index contributed by atoms with van der Waals surface area (Å²) in [6.07, 6.45) is -5.13. The molecular weight excluding hydrogens is 284 g/mol. The fraction of sp³-hybridized carbons (Fsp3) is 0.818. The van der Waals surface area contributed by atoms with E-state index >= 15 is 0 Å². The second-order valence-corrected chi connectivity index (χ2v) is 4.05. The number of quaternary nitrogens is 2. The fourth-order valence-corrected chi connectivity index (χ4v) is 1.28. The van der Waals surface area contributed by atoms with Crippen molar-refractivity contribution in [2.75, 3.05) is 33.3 Å². The molecule has 0 radical (unpaired) electrons. The van der Waals surface area contributed by atoms with Crippen molar-refractivity contribution in [2.24, 2.45) is 0 Å². The van der Waals surface area contributed by atoms with Gasteiger partial charge in [0.15, 0.2) is 6.10 Å². The van der Waals surface area contributed by atoms with Crippen LogP contribution in [0.25, 0.3) is 0 Å². The summed E-state index contributed by atoms with van der Waals surface area (Å²) in [5.41, 5.74) is 7.02. The molecule has 12 N–H and O–H groups in total. The first kappa shape index (κ1) is 22.0. The number of nitrogens with one attached hydrogen (secondary N) is 2. The van der Waals surface area contributed by atoms with E-state index in [-0.39, 0.29) is 6.54 Å². The number of hydrogen-bond acceptors (Lipinski definition) is 6. The lowest BCUT2D eigenvalue weighted by atomic mass is 10.1. The lowest BCUT2D eigenvalue weighted by molar-refractivity contribution is -0.365. The quantitative estimate of drug-likeness (QED) is 0.208. The van der Waals surface area contributed by atoms with E-state index in [9.17, 15) is 24.9 Å². The first-order valence-electron chi connectivity index (χ1n) is 6.56. The van der Waals surface area contributed by atoms with E-state index in [4.69, 9.17) is 5.11 Å². The minimum absolute atomic E-state index is 0.273. The Morgan fingerprint density at radius 2 is 1.38 bits per heavy atom. The van der Waals surface area contributed by atoms with E-state index in [1.54, 1.807) is 0 Å². The summed E-state index contributed by atoms with van der Waals surface area (Å²) in [6.45, 7) is 1.50. The molecule has 126 valence electrons.